The maximum absolute atomic E-state index is 11.4. The Kier molecular flexibility index (Phi) is 4.12. The molecule has 0 spiro atoms. The number of phenols is 1. The third-order valence-corrected chi connectivity index (χ3v) is 3.12. The molecular formula is C11H10INO3. The molecule has 0 heterocycles. The normalized spacial score (nSPS) is 11.6. The van der Waals surface area contributed by atoms with Gasteiger partial charge in [-0.1, -0.05) is 0 Å². The first kappa shape index (κ1) is 12.8. The number of esters is 1. The molecule has 1 N–H and O–H groups in total. The molecule has 0 aliphatic rings. The van der Waals surface area contributed by atoms with Crippen LogP contribution in [0.15, 0.2) is 12.1 Å². The van der Waals surface area contributed by atoms with Crippen molar-refractivity contribution in [3.63, 3.8) is 0 Å². The van der Waals surface area contributed by atoms with Crippen molar-refractivity contribution in [3.8, 4) is 11.8 Å². The smallest absolute Gasteiger partial charge is 0.312 e. The van der Waals surface area contributed by atoms with Crippen LogP contribution in [0.5, 0.6) is 5.75 Å². The molecule has 0 aliphatic carbocycles. The maximum atomic E-state index is 11.4. The molecule has 1 unspecified atom stereocenters. The zero-order chi connectivity index (χ0) is 12.3. The Morgan fingerprint density at radius 2 is 2.25 bits per heavy atom. The topological polar surface area (TPSA) is 70.3 Å². The molecular weight excluding hydrogens is 321 g/mol. The fraction of sp³-hybridized carbons (Fsp3) is 0.273. The van der Waals surface area contributed by atoms with E-state index in [-0.39, 0.29) is 5.75 Å². The summed E-state index contributed by atoms with van der Waals surface area (Å²) in [6, 6.07) is 4.98. The van der Waals surface area contributed by atoms with Crippen molar-refractivity contribution in [1.82, 2.24) is 0 Å². The second kappa shape index (κ2) is 5.16. The van der Waals surface area contributed by atoms with Crippen molar-refractivity contribution >= 4 is 28.6 Å². The lowest BCUT2D eigenvalue weighted by Gasteiger charge is -2.12. The van der Waals surface area contributed by atoms with Crippen LogP contribution in [0.1, 0.15) is 24.0 Å². The number of carbonyl (C=O) groups is 1. The molecule has 1 aromatic rings. The van der Waals surface area contributed by atoms with Gasteiger partial charge in [0.25, 0.3) is 0 Å². The molecule has 4 nitrogen and oxygen atoms in total. The molecule has 0 bridgehead atoms. The van der Waals surface area contributed by atoms with Gasteiger partial charge >= 0.3 is 5.97 Å². The summed E-state index contributed by atoms with van der Waals surface area (Å²) in [5, 5.41) is 18.5. The van der Waals surface area contributed by atoms with E-state index in [0.29, 0.717) is 14.7 Å². The molecule has 5 heteroatoms. The van der Waals surface area contributed by atoms with Gasteiger partial charge in [0.15, 0.2) is 0 Å². The van der Waals surface area contributed by atoms with Crippen LogP contribution >= 0.6 is 22.6 Å². The number of aromatic hydroxyl groups is 1. The predicted molar refractivity (Wildman–Crippen MR) is 66.0 cm³/mol. The molecule has 0 amide bonds. The van der Waals surface area contributed by atoms with Gasteiger partial charge < -0.3 is 9.84 Å². The van der Waals surface area contributed by atoms with Crippen LogP contribution in [-0.2, 0) is 9.53 Å². The molecule has 0 radical (unpaired) electrons. The lowest BCUT2D eigenvalue weighted by molar-refractivity contribution is -0.141. The summed E-state index contributed by atoms with van der Waals surface area (Å²) in [6.07, 6.45) is 0. The molecule has 0 fully saturated rings. The third kappa shape index (κ3) is 2.44. The van der Waals surface area contributed by atoms with Crippen LogP contribution in [0.2, 0.25) is 0 Å². The molecule has 0 aliphatic heterocycles. The van der Waals surface area contributed by atoms with E-state index in [1.165, 1.54) is 13.2 Å². The fourth-order valence-electron chi connectivity index (χ4n) is 1.34. The molecule has 16 heavy (non-hydrogen) atoms. The summed E-state index contributed by atoms with van der Waals surface area (Å²) < 4.78 is 5.18. The van der Waals surface area contributed by atoms with Crippen molar-refractivity contribution in [2.75, 3.05) is 7.11 Å². The summed E-state index contributed by atoms with van der Waals surface area (Å²) in [5.74, 6) is -0.940. The molecule has 0 saturated carbocycles. The molecule has 0 aromatic heterocycles. The zero-order valence-corrected chi connectivity index (χ0v) is 11.0. The van der Waals surface area contributed by atoms with Crippen LogP contribution in [0.4, 0.5) is 0 Å². The van der Waals surface area contributed by atoms with E-state index >= 15 is 0 Å². The molecule has 1 atom stereocenters. The van der Waals surface area contributed by atoms with Gasteiger partial charge in [-0.25, -0.2) is 0 Å². The number of hydrogen-bond acceptors (Lipinski definition) is 4. The lowest BCUT2D eigenvalue weighted by Crippen LogP contribution is -2.12. The minimum atomic E-state index is -0.567. The highest BCUT2D eigenvalue weighted by molar-refractivity contribution is 14.1. The van der Waals surface area contributed by atoms with E-state index in [1.807, 2.05) is 28.7 Å². The number of nitriles is 1. The summed E-state index contributed by atoms with van der Waals surface area (Å²) in [6.45, 7) is 1.63. The summed E-state index contributed by atoms with van der Waals surface area (Å²) >= 11 is 1.92. The quantitative estimate of drug-likeness (QED) is 0.666. The molecule has 84 valence electrons. The van der Waals surface area contributed by atoms with E-state index in [2.05, 4.69) is 4.74 Å². The standard InChI is InChI=1S/C11H10INO3/c1-6(11(15)16-2)8-4-10(14)9(12)3-7(8)5-13/h3-4,6,14H,1-2H3. The first-order chi connectivity index (χ1) is 7.51. The van der Waals surface area contributed by atoms with Gasteiger partial charge in [-0.05, 0) is 47.2 Å². The van der Waals surface area contributed by atoms with Crippen LogP contribution in [0, 0.1) is 14.9 Å². The van der Waals surface area contributed by atoms with Crippen LogP contribution < -0.4 is 0 Å². The first-order valence-electron chi connectivity index (χ1n) is 4.51. The van der Waals surface area contributed by atoms with E-state index in [1.54, 1.807) is 13.0 Å². The molecule has 0 saturated heterocycles. The van der Waals surface area contributed by atoms with E-state index in [9.17, 15) is 9.90 Å². The van der Waals surface area contributed by atoms with Crippen molar-refractivity contribution < 1.29 is 14.6 Å². The number of benzene rings is 1. The number of carbonyl (C=O) groups excluding carboxylic acids is 1. The maximum Gasteiger partial charge on any atom is 0.312 e. The van der Waals surface area contributed by atoms with Gasteiger partial charge in [-0.15, -0.1) is 0 Å². The highest BCUT2D eigenvalue weighted by Gasteiger charge is 2.20. The Balaban J connectivity index is 3.28. The first-order valence-corrected chi connectivity index (χ1v) is 5.59. The van der Waals surface area contributed by atoms with Crippen LogP contribution in [0.25, 0.3) is 0 Å². The predicted octanol–water partition coefficient (Wildman–Crippen LogP) is 2.14. The summed E-state index contributed by atoms with van der Waals surface area (Å²) in [7, 11) is 1.29. The van der Waals surface area contributed by atoms with Gasteiger partial charge in [0.05, 0.1) is 28.2 Å². The van der Waals surface area contributed by atoms with E-state index < -0.39 is 11.9 Å². The molecule has 1 aromatic carbocycles. The van der Waals surface area contributed by atoms with Gasteiger partial charge in [0, 0.05) is 0 Å². The average molecular weight is 331 g/mol. The van der Waals surface area contributed by atoms with Crippen LogP contribution in [-0.4, -0.2) is 18.2 Å². The van der Waals surface area contributed by atoms with E-state index in [0.717, 1.165) is 0 Å². The second-order valence-electron chi connectivity index (χ2n) is 3.25. The Morgan fingerprint density at radius 1 is 1.62 bits per heavy atom. The number of rotatable bonds is 2. The van der Waals surface area contributed by atoms with Crippen molar-refractivity contribution in [1.29, 1.82) is 5.26 Å². The van der Waals surface area contributed by atoms with Gasteiger partial charge in [0.1, 0.15) is 5.75 Å². The lowest BCUT2D eigenvalue weighted by atomic mass is 9.96. The highest BCUT2D eigenvalue weighted by atomic mass is 127. The number of hydrogen-bond donors (Lipinski definition) is 1. The molecule has 1 rings (SSSR count). The van der Waals surface area contributed by atoms with Gasteiger partial charge in [0.2, 0.25) is 0 Å². The van der Waals surface area contributed by atoms with Crippen molar-refractivity contribution in [2.45, 2.75) is 12.8 Å². The Hall–Kier alpha value is -1.29. The highest BCUT2D eigenvalue weighted by Crippen LogP contribution is 2.29. The second-order valence-corrected chi connectivity index (χ2v) is 4.41. The summed E-state index contributed by atoms with van der Waals surface area (Å²) in [5.41, 5.74) is 0.854. The van der Waals surface area contributed by atoms with Gasteiger partial charge in [-0.2, -0.15) is 5.26 Å². The number of phenolic OH excluding ortho intramolecular Hbond substituents is 1. The Morgan fingerprint density at radius 3 is 2.75 bits per heavy atom. The average Bonchev–Trinajstić information content (AvgIpc) is 2.30. The summed E-state index contributed by atoms with van der Waals surface area (Å²) in [4.78, 5) is 11.4. The van der Waals surface area contributed by atoms with Gasteiger partial charge in [-0.3, -0.25) is 4.79 Å². The number of nitrogens with zero attached hydrogens (tertiary/aromatic N) is 1. The number of halogens is 1. The Bertz CT molecular complexity index is 465. The number of methoxy groups -OCH3 is 1. The SMILES string of the molecule is COC(=O)C(C)c1cc(O)c(I)cc1C#N. The largest absolute Gasteiger partial charge is 0.507 e. The minimum Gasteiger partial charge on any atom is -0.507 e. The van der Waals surface area contributed by atoms with Crippen LogP contribution in [0.3, 0.4) is 0 Å². The minimum absolute atomic E-state index is 0.0605. The fourth-order valence-corrected chi connectivity index (χ4v) is 1.80. The van der Waals surface area contributed by atoms with Crippen molar-refractivity contribution in [3.05, 3.63) is 26.8 Å². The Labute approximate surface area is 107 Å². The van der Waals surface area contributed by atoms with Crippen molar-refractivity contribution in [2.24, 2.45) is 0 Å². The third-order valence-electron chi connectivity index (χ3n) is 2.26. The zero-order valence-electron chi connectivity index (χ0n) is 8.82. The van der Waals surface area contributed by atoms with E-state index in [4.69, 9.17) is 5.26 Å². The monoisotopic (exact) mass is 331 g/mol. The number of ether oxygens (including phenoxy) is 1.